The maximum Gasteiger partial charge on any atom is 0.224 e. The smallest absolute Gasteiger partial charge is 0.224 e. The molecule has 0 bridgehead atoms. The summed E-state index contributed by atoms with van der Waals surface area (Å²) < 4.78 is 0. The first kappa shape index (κ1) is 18.7. The topological polar surface area (TPSA) is 65.8 Å². The predicted molar refractivity (Wildman–Crippen MR) is 105 cm³/mol. The van der Waals surface area contributed by atoms with Crippen LogP contribution in [0, 0.1) is 17.2 Å². The second kappa shape index (κ2) is 9.00. The second-order valence-electron chi connectivity index (χ2n) is 7.06. The number of nitrogens with zero attached hydrogens (tertiary/aromatic N) is 2. The predicted octanol–water partition coefficient (Wildman–Crippen LogP) is 5.64. The van der Waals surface area contributed by atoms with Crippen molar-refractivity contribution >= 4 is 34.1 Å². The van der Waals surface area contributed by atoms with Gasteiger partial charge in [0.2, 0.25) is 5.91 Å². The quantitative estimate of drug-likeness (QED) is 0.669. The summed E-state index contributed by atoms with van der Waals surface area (Å²) in [5, 5.41) is 13.1. The monoisotopic (exact) mass is 369 g/mol. The van der Waals surface area contributed by atoms with E-state index in [1.54, 1.807) is 6.07 Å². The summed E-state index contributed by atoms with van der Waals surface area (Å²) in [6.07, 6.45) is 8.69. The Kier molecular flexibility index (Phi) is 6.46. The van der Waals surface area contributed by atoms with Crippen LogP contribution >= 0.6 is 11.6 Å². The Balaban J connectivity index is 1.75. The summed E-state index contributed by atoms with van der Waals surface area (Å²) in [5.41, 5.74) is 2.42. The maximum absolute atomic E-state index is 12.5. The molecule has 1 aromatic carbocycles. The van der Waals surface area contributed by atoms with Crippen LogP contribution in [-0.4, -0.2) is 10.9 Å². The molecule has 136 valence electrons. The van der Waals surface area contributed by atoms with E-state index in [-0.39, 0.29) is 5.91 Å². The molecule has 3 rings (SSSR count). The Morgan fingerprint density at radius 2 is 2.04 bits per heavy atom. The number of carbonyl (C=O) groups is 1. The summed E-state index contributed by atoms with van der Waals surface area (Å²) >= 11 is 6.35. The lowest BCUT2D eigenvalue weighted by atomic mass is 9.87. The molecular weight excluding hydrogens is 346 g/mol. The van der Waals surface area contributed by atoms with Crippen LogP contribution in [0.15, 0.2) is 24.3 Å². The highest BCUT2D eigenvalue weighted by Crippen LogP contribution is 2.32. The minimum Gasteiger partial charge on any atom is -0.324 e. The van der Waals surface area contributed by atoms with Crippen molar-refractivity contribution in [1.82, 2.24) is 4.98 Å². The summed E-state index contributed by atoms with van der Waals surface area (Å²) in [4.78, 5) is 17.1. The largest absolute Gasteiger partial charge is 0.324 e. The molecule has 26 heavy (non-hydrogen) atoms. The SMILES string of the molecule is N#CCCCc1ccc2c(NC(=O)CC3CCCCC3)c(Cl)ccc2n1. The van der Waals surface area contributed by atoms with Gasteiger partial charge in [-0.1, -0.05) is 30.9 Å². The molecule has 1 heterocycles. The van der Waals surface area contributed by atoms with Gasteiger partial charge in [0.05, 0.1) is 22.3 Å². The highest BCUT2D eigenvalue weighted by Gasteiger charge is 2.18. The van der Waals surface area contributed by atoms with Gasteiger partial charge in [0.15, 0.2) is 0 Å². The number of nitrogens with one attached hydrogen (secondary N) is 1. The van der Waals surface area contributed by atoms with E-state index >= 15 is 0 Å². The Bertz CT molecular complexity index is 822. The molecule has 0 atom stereocenters. The molecule has 1 aromatic heterocycles. The average Bonchev–Trinajstić information content (AvgIpc) is 2.65. The van der Waals surface area contributed by atoms with E-state index in [0.29, 0.717) is 29.5 Å². The van der Waals surface area contributed by atoms with E-state index in [0.717, 1.165) is 42.3 Å². The first-order valence-electron chi connectivity index (χ1n) is 9.42. The van der Waals surface area contributed by atoms with Crippen molar-refractivity contribution in [1.29, 1.82) is 5.26 Å². The molecule has 1 N–H and O–H groups in total. The van der Waals surface area contributed by atoms with Crippen molar-refractivity contribution in [3.05, 3.63) is 35.0 Å². The fourth-order valence-corrected chi connectivity index (χ4v) is 3.89. The van der Waals surface area contributed by atoms with E-state index < -0.39 is 0 Å². The van der Waals surface area contributed by atoms with E-state index in [9.17, 15) is 4.79 Å². The van der Waals surface area contributed by atoms with E-state index in [2.05, 4.69) is 16.4 Å². The third kappa shape index (κ3) is 4.74. The van der Waals surface area contributed by atoms with E-state index in [1.807, 2.05) is 18.2 Å². The Morgan fingerprint density at radius 3 is 2.81 bits per heavy atom. The summed E-state index contributed by atoms with van der Waals surface area (Å²) in [6.45, 7) is 0. The van der Waals surface area contributed by atoms with Gasteiger partial charge in [0.1, 0.15) is 0 Å². The molecule has 1 amide bonds. The molecule has 1 fully saturated rings. The van der Waals surface area contributed by atoms with Crippen LogP contribution in [0.1, 0.15) is 57.1 Å². The van der Waals surface area contributed by atoms with Crippen LogP contribution in [0.25, 0.3) is 10.9 Å². The van der Waals surface area contributed by atoms with Crippen LogP contribution in [0.5, 0.6) is 0 Å². The zero-order valence-corrected chi connectivity index (χ0v) is 15.7. The summed E-state index contributed by atoms with van der Waals surface area (Å²) in [7, 11) is 0. The Hall–Kier alpha value is -2.12. The Morgan fingerprint density at radius 1 is 1.23 bits per heavy atom. The molecule has 2 aromatic rings. The molecular formula is C21H24ClN3O. The lowest BCUT2D eigenvalue weighted by molar-refractivity contribution is -0.117. The number of fused-ring (bicyclic) bond motifs is 1. The summed E-state index contributed by atoms with van der Waals surface area (Å²) in [6, 6.07) is 9.73. The van der Waals surface area contributed by atoms with Crippen molar-refractivity contribution in [3.8, 4) is 6.07 Å². The maximum atomic E-state index is 12.5. The van der Waals surface area contributed by atoms with Crippen LogP contribution in [0.4, 0.5) is 5.69 Å². The molecule has 5 heteroatoms. The molecule has 0 aliphatic heterocycles. The molecule has 0 spiro atoms. The first-order chi connectivity index (χ1) is 12.7. The number of benzene rings is 1. The molecule has 0 radical (unpaired) electrons. The van der Waals surface area contributed by atoms with Gasteiger partial charge < -0.3 is 5.32 Å². The molecule has 1 aliphatic carbocycles. The Labute approximate surface area is 159 Å². The van der Waals surface area contributed by atoms with Gasteiger partial charge in [-0.3, -0.25) is 9.78 Å². The number of nitriles is 1. The highest BCUT2D eigenvalue weighted by molar-refractivity contribution is 6.35. The van der Waals surface area contributed by atoms with E-state index in [4.69, 9.17) is 16.9 Å². The zero-order chi connectivity index (χ0) is 18.4. The van der Waals surface area contributed by atoms with Gasteiger partial charge in [-0.15, -0.1) is 0 Å². The number of aromatic nitrogens is 1. The number of anilines is 1. The number of hydrogen-bond donors (Lipinski definition) is 1. The second-order valence-corrected chi connectivity index (χ2v) is 7.47. The van der Waals surface area contributed by atoms with Crippen molar-refractivity contribution < 1.29 is 4.79 Å². The molecule has 1 aliphatic rings. The third-order valence-corrected chi connectivity index (χ3v) is 5.38. The van der Waals surface area contributed by atoms with Gasteiger partial charge >= 0.3 is 0 Å². The van der Waals surface area contributed by atoms with Gasteiger partial charge in [-0.25, -0.2) is 0 Å². The number of carbonyl (C=O) groups excluding carboxylic acids is 1. The zero-order valence-electron chi connectivity index (χ0n) is 14.9. The standard InChI is InChI=1S/C21H24ClN3O/c22-18-11-12-19-17(10-9-16(24-19)8-4-5-13-23)21(18)25-20(26)14-15-6-2-1-3-7-15/h9-12,15H,1-8,14H2,(H,25,26). The first-order valence-corrected chi connectivity index (χ1v) is 9.80. The van der Waals surface area contributed by atoms with Crippen molar-refractivity contribution in [2.75, 3.05) is 5.32 Å². The number of aryl methyl sites for hydroxylation is 1. The number of amides is 1. The van der Waals surface area contributed by atoms with Crippen molar-refractivity contribution in [2.45, 2.75) is 57.8 Å². The van der Waals surface area contributed by atoms with Crippen molar-refractivity contribution in [2.24, 2.45) is 5.92 Å². The molecule has 1 saturated carbocycles. The highest BCUT2D eigenvalue weighted by atomic mass is 35.5. The summed E-state index contributed by atoms with van der Waals surface area (Å²) in [5.74, 6) is 0.520. The minimum absolute atomic E-state index is 0.0318. The van der Waals surface area contributed by atoms with Gasteiger partial charge in [-0.2, -0.15) is 5.26 Å². The van der Waals surface area contributed by atoms with Gasteiger partial charge in [-0.05, 0) is 55.9 Å². The fourth-order valence-electron chi connectivity index (χ4n) is 3.68. The van der Waals surface area contributed by atoms with Crippen molar-refractivity contribution in [3.63, 3.8) is 0 Å². The lowest BCUT2D eigenvalue weighted by Crippen LogP contribution is -2.18. The number of rotatable bonds is 6. The number of hydrogen-bond acceptors (Lipinski definition) is 3. The number of halogens is 1. The fraction of sp³-hybridized carbons (Fsp3) is 0.476. The van der Waals surface area contributed by atoms with Crippen LogP contribution in [-0.2, 0) is 11.2 Å². The lowest BCUT2D eigenvalue weighted by Gasteiger charge is -2.21. The normalized spacial score (nSPS) is 14.9. The van der Waals surface area contributed by atoms with Crippen LogP contribution in [0.3, 0.4) is 0 Å². The minimum atomic E-state index is 0.0318. The van der Waals surface area contributed by atoms with Crippen LogP contribution < -0.4 is 5.32 Å². The van der Waals surface area contributed by atoms with E-state index in [1.165, 1.54) is 19.3 Å². The van der Waals surface area contributed by atoms with Gasteiger partial charge in [0, 0.05) is 23.9 Å². The molecule has 0 saturated heterocycles. The van der Waals surface area contributed by atoms with Crippen LogP contribution in [0.2, 0.25) is 5.02 Å². The molecule has 0 unspecified atom stereocenters. The third-order valence-electron chi connectivity index (χ3n) is 5.06. The number of pyridine rings is 1. The molecule has 4 nitrogen and oxygen atoms in total. The number of unbranched alkanes of at least 4 members (excludes halogenated alkanes) is 1. The average molecular weight is 370 g/mol. The van der Waals surface area contributed by atoms with Gasteiger partial charge in [0.25, 0.3) is 0 Å².